The third-order valence-corrected chi connectivity index (χ3v) is 8.80. The van der Waals surface area contributed by atoms with E-state index >= 15 is 0 Å². The number of carbonyl (C=O) groups excluding carboxylic acids is 2. The average molecular weight is 619 g/mol. The van der Waals surface area contributed by atoms with Crippen LogP contribution in [0.4, 0.5) is 11.4 Å². The zero-order valence-corrected chi connectivity index (χ0v) is 25.3. The molecule has 46 heavy (non-hydrogen) atoms. The number of fused-ring (bicyclic) bond motifs is 1. The standard InChI is InChI=1S/C36H34N4O6/c1-21-13-17-23(18-14-21)29-27(35(43)44)31(33(41)37-25-9-5-3-6-10-25)40-30(24-19-15-22(2)16-20-24)28(36(45)46)32(39(29)40)34(42)38-26-11-7-4-8-12-26/h3-20,27-32H,1-2H3,(H,37,41)(H,38,42)(H,43,44)(H,45,46)/t27-,28+,29-,30-,31+,32-/m1/s1. The topological polar surface area (TPSA) is 139 Å². The first-order valence-electron chi connectivity index (χ1n) is 15.0. The molecule has 4 aromatic rings. The van der Waals surface area contributed by atoms with Crippen LogP contribution in [-0.2, 0) is 19.2 Å². The Morgan fingerprint density at radius 2 is 0.848 bits per heavy atom. The van der Waals surface area contributed by atoms with Gasteiger partial charge >= 0.3 is 11.9 Å². The molecular weight excluding hydrogens is 584 g/mol. The van der Waals surface area contributed by atoms with Gasteiger partial charge in [0.25, 0.3) is 0 Å². The maximum absolute atomic E-state index is 14.3. The Balaban J connectivity index is 1.57. The van der Waals surface area contributed by atoms with E-state index in [2.05, 4.69) is 10.6 Å². The second-order valence-corrected chi connectivity index (χ2v) is 11.8. The van der Waals surface area contributed by atoms with Crippen LogP contribution < -0.4 is 10.6 Å². The Kier molecular flexibility index (Phi) is 8.40. The number of rotatable bonds is 8. The summed E-state index contributed by atoms with van der Waals surface area (Å²) in [5, 5.41) is 30.4. The number of nitrogens with zero attached hydrogens (tertiary/aromatic N) is 2. The van der Waals surface area contributed by atoms with Gasteiger partial charge in [-0.1, -0.05) is 96.1 Å². The van der Waals surface area contributed by atoms with Gasteiger partial charge in [0.05, 0.1) is 12.1 Å². The van der Waals surface area contributed by atoms with E-state index in [1.54, 1.807) is 94.9 Å². The van der Waals surface area contributed by atoms with Crippen LogP contribution in [0.25, 0.3) is 0 Å². The third-order valence-electron chi connectivity index (χ3n) is 8.80. The van der Waals surface area contributed by atoms with Gasteiger partial charge in [-0.05, 0) is 49.2 Å². The molecule has 2 fully saturated rings. The lowest BCUT2D eigenvalue weighted by Crippen LogP contribution is -2.48. The molecule has 2 heterocycles. The highest BCUT2D eigenvalue weighted by atomic mass is 16.4. The predicted octanol–water partition coefficient (Wildman–Crippen LogP) is 5.05. The maximum atomic E-state index is 14.3. The third kappa shape index (κ3) is 5.64. The van der Waals surface area contributed by atoms with Crippen LogP contribution in [0.2, 0.25) is 0 Å². The van der Waals surface area contributed by atoms with E-state index in [0.29, 0.717) is 22.5 Å². The molecule has 0 aliphatic carbocycles. The van der Waals surface area contributed by atoms with Gasteiger partial charge in [0, 0.05) is 11.4 Å². The smallest absolute Gasteiger partial charge is 0.310 e. The second kappa shape index (κ2) is 12.6. The number of para-hydroxylation sites is 2. The summed E-state index contributed by atoms with van der Waals surface area (Å²) in [6.45, 7) is 3.80. The lowest BCUT2D eigenvalue weighted by atomic mass is 9.81. The molecule has 10 nitrogen and oxygen atoms in total. The van der Waals surface area contributed by atoms with Crippen molar-refractivity contribution in [2.75, 3.05) is 10.6 Å². The van der Waals surface area contributed by atoms with Gasteiger partial charge in [0.2, 0.25) is 11.8 Å². The quantitative estimate of drug-likeness (QED) is 0.215. The zero-order valence-electron chi connectivity index (χ0n) is 25.3. The first-order valence-corrected chi connectivity index (χ1v) is 15.0. The minimum atomic E-state index is -1.37. The van der Waals surface area contributed by atoms with Gasteiger partial charge in [0.1, 0.15) is 23.9 Å². The lowest BCUT2D eigenvalue weighted by Gasteiger charge is -2.33. The molecule has 10 heteroatoms. The molecule has 2 aliphatic heterocycles. The summed E-state index contributed by atoms with van der Waals surface area (Å²) in [6, 6.07) is 26.9. The minimum Gasteiger partial charge on any atom is -0.481 e. The van der Waals surface area contributed by atoms with E-state index < -0.39 is 59.8 Å². The molecule has 4 aromatic carbocycles. The number of aryl methyl sites for hydroxylation is 2. The van der Waals surface area contributed by atoms with Gasteiger partial charge < -0.3 is 20.8 Å². The molecule has 2 saturated heterocycles. The Hall–Kier alpha value is -5.32. The summed E-state index contributed by atoms with van der Waals surface area (Å²) in [6.07, 6.45) is 0. The molecule has 2 aliphatic rings. The molecule has 0 radical (unpaired) electrons. The summed E-state index contributed by atoms with van der Waals surface area (Å²) >= 11 is 0. The Bertz CT molecular complexity index is 1620. The van der Waals surface area contributed by atoms with Gasteiger partial charge in [0.15, 0.2) is 0 Å². The van der Waals surface area contributed by atoms with Crippen molar-refractivity contribution in [3.63, 3.8) is 0 Å². The fourth-order valence-corrected chi connectivity index (χ4v) is 6.75. The van der Waals surface area contributed by atoms with Crippen molar-refractivity contribution in [1.29, 1.82) is 0 Å². The molecule has 6 rings (SSSR count). The van der Waals surface area contributed by atoms with Gasteiger partial charge in [-0.2, -0.15) is 0 Å². The number of hydrogen-bond acceptors (Lipinski definition) is 6. The largest absolute Gasteiger partial charge is 0.481 e. The fraction of sp³-hybridized carbons (Fsp3) is 0.222. The Labute approximate surface area is 266 Å². The molecule has 0 bridgehead atoms. The maximum Gasteiger partial charge on any atom is 0.310 e. The summed E-state index contributed by atoms with van der Waals surface area (Å²) < 4.78 is 0. The summed E-state index contributed by atoms with van der Waals surface area (Å²) in [5.74, 6) is -6.45. The molecular formula is C36H34N4O6. The minimum absolute atomic E-state index is 0.459. The molecule has 0 unspecified atom stereocenters. The first-order chi connectivity index (χ1) is 22.2. The van der Waals surface area contributed by atoms with E-state index in [1.165, 1.54) is 0 Å². The zero-order chi connectivity index (χ0) is 32.5. The van der Waals surface area contributed by atoms with E-state index in [0.717, 1.165) is 11.1 Å². The fourth-order valence-electron chi connectivity index (χ4n) is 6.75. The monoisotopic (exact) mass is 618 g/mol. The van der Waals surface area contributed by atoms with Crippen molar-refractivity contribution >= 4 is 35.1 Å². The van der Waals surface area contributed by atoms with Gasteiger partial charge in [-0.3, -0.25) is 19.2 Å². The number of carboxylic acid groups (broad SMARTS) is 2. The number of carboxylic acids is 2. The number of benzene rings is 4. The SMILES string of the molecule is Cc1ccc([C@@H]2[C@H](C(=O)O)[C@H](C(=O)Nc3ccccc3)N3[C@H](c4ccc(C)cc4)[C@@H](C(=O)O)[C@@H](C(=O)Nc4ccccc4)N23)cc1. The number of hydrazine groups is 1. The number of nitrogens with one attached hydrogen (secondary N) is 2. The van der Waals surface area contributed by atoms with Crippen LogP contribution in [0.5, 0.6) is 0 Å². The van der Waals surface area contributed by atoms with Gasteiger partial charge in [-0.25, -0.2) is 10.0 Å². The normalized spacial score (nSPS) is 24.2. The summed E-state index contributed by atoms with van der Waals surface area (Å²) in [7, 11) is 0. The average Bonchev–Trinajstić information content (AvgIpc) is 3.56. The number of aliphatic carboxylic acids is 2. The second-order valence-electron chi connectivity index (χ2n) is 11.8. The highest BCUT2D eigenvalue weighted by Crippen LogP contribution is 2.55. The van der Waals surface area contributed by atoms with E-state index in [1.807, 2.05) is 38.1 Å². The summed E-state index contributed by atoms with van der Waals surface area (Å²) in [4.78, 5) is 55.1. The number of amides is 2. The van der Waals surface area contributed by atoms with E-state index in [-0.39, 0.29) is 0 Å². The van der Waals surface area contributed by atoms with Crippen LogP contribution in [0, 0.1) is 25.7 Å². The van der Waals surface area contributed by atoms with Crippen molar-refractivity contribution in [3.05, 3.63) is 131 Å². The van der Waals surface area contributed by atoms with Crippen LogP contribution in [-0.4, -0.2) is 56.1 Å². The molecule has 234 valence electrons. The van der Waals surface area contributed by atoms with Crippen LogP contribution in [0.3, 0.4) is 0 Å². The highest BCUT2D eigenvalue weighted by molar-refractivity contribution is 6.01. The van der Waals surface area contributed by atoms with Crippen LogP contribution in [0.1, 0.15) is 34.3 Å². The molecule has 0 saturated carbocycles. The van der Waals surface area contributed by atoms with Crippen LogP contribution >= 0.6 is 0 Å². The highest BCUT2D eigenvalue weighted by Gasteiger charge is 2.67. The van der Waals surface area contributed by atoms with Crippen molar-refractivity contribution in [2.24, 2.45) is 11.8 Å². The van der Waals surface area contributed by atoms with E-state index in [4.69, 9.17) is 0 Å². The Morgan fingerprint density at radius 1 is 0.522 bits per heavy atom. The molecule has 6 atom stereocenters. The van der Waals surface area contributed by atoms with Gasteiger partial charge in [-0.15, -0.1) is 0 Å². The molecule has 0 spiro atoms. The van der Waals surface area contributed by atoms with Crippen LogP contribution in [0.15, 0.2) is 109 Å². The summed E-state index contributed by atoms with van der Waals surface area (Å²) in [5.41, 5.74) is 3.88. The number of hydrogen-bond donors (Lipinski definition) is 4. The molecule has 2 amide bonds. The lowest BCUT2D eigenvalue weighted by molar-refractivity contribution is -0.147. The van der Waals surface area contributed by atoms with Crippen molar-refractivity contribution < 1.29 is 29.4 Å². The van der Waals surface area contributed by atoms with Crippen molar-refractivity contribution in [3.8, 4) is 0 Å². The van der Waals surface area contributed by atoms with E-state index in [9.17, 15) is 29.4 Å². The molecule has 4 N–H and O–H groups in total. The first kappa shape index (κ1) is 30.7. The molecule has 0 aromatic heterocycles. The number of carbonyl (C=O) groups is 4. The predicted molar refractivity (Wildman–Crippen MR) is 171 cm³/mol. The number of anilines is 2. The van der Waals surface area contributed by atoms with Crippen molar-refractivity contribution in [1.82, 2.24) is 10.0 Å². The van der Waals surface area contributed by atoms with Crippen molar-refractivity contribution in [2.45, 2.75) is 38.0 Å². The Morgan fingerprint density at radius 3 is 1.15 bits per heavy atom.